The van der Waals surface area contributed by atoms with E-state index in [-0.39, 0.29) is 6.42 Å². The normalized spacial score (nSPS) is 10.7. The zero-order valence-corrected chi connectivity index (χ0v) is 8.61. The van der Waals surface area contributed by atoms with E-state index in [4.69, 9.17) is 16.7 Å². The third-order valence-corrected chi connectivity index (χ3v) is 2.35. The highest BCUT2D eigenvalue weighted by molar-refractivity contribution is 6.30. The number of carboxylic acid groups (broad SMARTS) is 1. The molecule has 5 heteroatoms. The molecule has 78 valence electrons. The molecule has 4 nitrogen and oxygen atoms in total. The number of aromatic nitrogens is 2. The molecule has 0 aliphatic carbocycles. The van der Waals surface area contributed by atoms with Crippen molar-refractivity contribution < 1.29 is 9.90 Å². The number of halogens is 1. The van der Waals surface area contributed by atoms with Crippen LogP contribution in [0.25, 0.3) is 5.52 Å². The lowest BCUT2D eigenvalue weighted by molar-refractivity contribution is -0.137. The molecule has 2 aromatic heterocycles. The molecule has 2 heterocycles. The van der Waals surface area contributed by atoms with Crippen LogP contribution in [-0.4, -0.2) is 20.5 Å². The van der Waals surface area contributed by atoms with Gasteiger partial charge in [0.1, 0.15) is 5.82 Å². The molecule has 0 unspecified atom stereocenters. The maximum Gasteiger partial charge on any atom is 0.303 e. The van der Waals surface area contributed by atoms with Gasteiger partial charge in [-0.3, -0.25) is 4.79 Å². The van der Waals surface area contributed by atoms with E-state index in [2.05, 4.69) is 4.98 Å². The van der Waals surface area contributed by atoms with E-state index in [1.807, 2.05) is 10.5 Å². The second kappa shape index (κ2) is 3.90. The van der Waals surface area contributed by atoms with Crippen molar-refractivity contribution in [2.24, 2.45) is 0 Å². The summed E-state index contributed by atoms with van der Waals surface area (Å²) in [6.07, 6.45) is 3.92. The van der Waals surface area contributed by atoms with Crippen molar-refractivity contribution in [3.8, 4) is 0 Å². The van der Waals surface area contributed by atoms with Crippen LogP contribution < -0.4 is 0 Å². The van der Waals surface area contributed by atoms with Crippen LogP contribution in [0.4, 0.5) is 0 Å². The standard InChI is InChI=1S/C10H9ClN2O2/c11-7-1-2-8-5-12-9(13(8)6-7)3-4-10(14)15/h1-2,5-6H,3-4H2,(H,14,15). The summed E-state index contributed by atoms with van der Waals surface area (Å²) in [5.74, 6) is -0.108. The molecule has 0 radical (unpaired) electrons. The number of aliphatic carboxylic acids is 1. The summed E-state index contributed by atoms with van der Waals surface area (Å²) in [6, 6.07) is 3.62. The second-order valence-corrected chi connectivity index (χ2v) is 3.65. The molecule has 0 aromatic carbocycles. The van der Waals surface area contributed by atoms with Crippen molar-refractivity contribution in [1.29, 1.82) is 0 Å². The number of carbonyl (C=O) groups is 1. The minimum absolute atomic E-state index is 0.0750. The third-order valence-electron chi connectivity index (χ3n) is 2.13. The maximum atomic E-state index is 10.4. The molecular formula is C10H9ClN2O2. The number of imidazole rings is 1. The Kier molecular flexibility index (Phi) is 2.60. The zero-order chi connectivity index (χ0) is 10.8. The molecule has 2 aromatic rings. The van der Waals surface area contributed by atoms with Crippen LogP contribution in [0.5, 0.6) is 0 Å². The van der Waals surface area contributed by atoms with Crippen LogP contribution in [-0.2, 0) is 11.2 Å². The Morgan fingerprint density at radius 2 is 2.33 bits per heavy atom. The van der Waals surface area contributed by atoms with Crippen molar-refractivity contribution in [2.45, 2.75) is 12.8 Å². The Morgan fingerprint density at radius 1 is 1.53 bits per heavy atom. The molecule has 0 saturated heterocycles. The number of hydrogen-bond donors (Lipinski definition) is 1. The van der Waals surface area contributed by atoms with E-state index in [9.17, 15) is 4.79 Å². The van der Waals surface area contributed by atoms with Gasteiger partial charge in [-0.2, -0.15) is 0 Å². The quantitative estimate of drug-likeness (QED) is 0.868. The van der Waals surface area contributed by atoms with E-state index in [1.54, 1.807) is 18.5 Å². The lowest BCUT2D eigenvalue weighted by Gasteiger charge is -1.99. The number of aryl methyl sites for hydroxylation is 1. The highest BCUT2D eigenvalue weighted by Gasteiger charge is 2.06. The van der Waals surface area contributed by atoms with Gasteiger partial charge in [-0.05, 0) is 12.1 Å². The molecule has 0 spiro atoms. The molecule has 0 bridgehead atoms. The van der Waals surface area contributed by atoms with Gasteiger partial charge in [0.05, 0.1) is 23.2 Å². The number of rotatable bonds is 3. The zero-order valence-electron chi connectivity index (χ0n) is 7.85. The van der Waals surface area contributed by atoms with E-state index >= 15 is 0 Å². The molecule has 15 heavy (non-hydrogen) atoms. The van der Waals surface area contributed by atoms with Crippen LogP contribution in [0.15, 0.2) is 24.5 Å². The van der Waals surface area contributed by atoms with Gasteiger partial charge in [0.2, 0.25) is 0 Å². The van der Waals surface area contributed by atoms with Gasteiger partial charge < -0.3 is 9.51 Å². The van der Waals surface area contributed by atoms with Gasteiger partial charge in [-0.1, -0.05) is 11.6 Å². The van der Waals surface area contributed by atoms with Gasteiger partial charge in [0.15, 0.2) is 0 Å². The fourth-order valence-electron chi connectivity index (χ4n) is 1.42. The summed E-state index contributed by atoms with van der Waals surface area (Å²) in [4.78, 5) is 14.6. The summed E-state index contributed by atoms with van der Waals surface area (Å²) in [5.41, 5.74) is 0.916. The maximum absolute atomic E-state index is 10.4. The number of carboxylic acids is 1. The Hall–Kier alpha value is -1.55. The minimum atomic E-state index is -0.825. The predicted octanol–water partition coefficient (Wildman–Crippen LogP) is 2.00. The van der Waals surface area contributed by atoms with Crippen LogP contribution in [0.2, 0.25) is 5.02 Å². The second-order valence-electron chi connectivity index (χ2n) is 3.21. The largest absolute Gasteiger partial charge is 0.481 e. The summed E-state index contributed by atoms with van der Waals surface area (Å²) in [5, 5.41) is 9.18. The predicted molar refractivity (Wildman–Crippen MR) is 56.2 cm³/mol. The first-order chi connectivity index (χ1) is 7.16. The summed E-state index contributed by atoms with van der Waals surface area (Å²) in [7, 11) is 0. The number of hydrogen-bond acceptors (Lipinski definition) is 2. The van der Waals surface area contributed by atoms with Gasteiger partial charge in [-0.15, -0.1) is 0 Å². The van der Waals surface area contributed by atoms with E-state index < -0.39 is 5.97 Å². The van der Waals surface area contributed by atoms with Crippen LogP contribution in [0, 0.1) is 0 Å². The number of fused-ring (bicyclic) bond motifs is 1. The van der Waals surface area contributed by atoms with Gasteiger partial charge in [-0.25, -0.2) is 4.98 Å². The average Bonchev–Trinajstić information content (AvgIpc) is 2.57. The Bertz CT molecular complexity index is 507. The first kappa shape index (κ1) is 9.98. The van der Waals surface area contributed by atoms with Crippen LogP contribution in [0.1, 0.15) is 12.2 Å². The lowest BCUT2D eigenvalue weighted by atomic mass is 10.3. The molecule has 0 saturated carbocycles. The van der Waals surface area contributed by atoms with E-state index in [0.717, 1.165) is 11.3 Å². The molecule has 1 N–H and O–H groups in total. The Labute approximate surface area is 91.1 Å². The number of pyridine rings is 1. The van der Waals surface area contributed by atoms with Crippen LogP contribution >= 0.6 is 11.6 Å². The minimum Gasteiger partial charge on any atom is -0.481 e. The van der Waals surface area contributed by atoms with Crippen molar-refractivity contribution in [2.75, 3.05) is 0 Å². The summed E-state index contributed by atoms with van der Waals surface area (Å²) >= 11 is 5.85. The Balaban J connectivity index is 2.35. The topological polar surface area (TPSA) is 54.6 Å². The first-order valence-corrected chi connectivity index (χ1v) is 4.88. The van der Waals surface area contributed by atoms with Gasteiger partial charge >= 0.3 is 5.97 Å². The van der Waals surface area contributed by atoms with Crippen molar-refractivity contribution >= 4 is 23.1 Å². The SMILES string of the molecule is O=C(O)CCc1ncc2ccc(Cl)cn12. The summed E-state index contributed by atoms with van der Waals surface area (Å²) < 4.78 is 1.81. The average molecular weight is 225 g/mol. The van der Waals surface area contributed by atoms with E-state index in [0.29, 0.717) is 11.4 Å². The van der Waals surface area contributed by atoms with E-state index in [1.165, 1.54) is 0 Å². The fourth-order valence-corrected chi connectivity index (χ4v) is 1.58. The van der Waals surface area contributed by atoms with Crippen molar-refractivity contribution in [3.63, 3.8) is 0 Å². The van der Waals surface area contributed by atoms with Gasteiger partial charge in [0, 0.05) is 12.6 Å². The summed E-state index contributed by atoms with van der Waals surface area (Å²) in [6.45, 7) is 0. The highest BCUT2D eigenvalue weighted by atomic mass is 35.5. The molecule has 2 rings (SSSR count). The lowest BCUT2D eigenvalue weighted by Crippen LogP contribution is -2.01. The highest BCUT2D eigenvalue weighted by Crippen LogP contribution is 2.14. The molecular weight excluding hydrogens is 216 g/mol. The molecule has 0 aliphatic rings. The molecule has 0 amide bonds. The fraction of sp³-hybridized carbons (Fsp3) is 0.200. The molecule has 0 atom stereocenters. The smallest absolute Gasteiger partial charge is 0.303 e. The monoisotopic (exact) mass is 224 g/mol. The van der Waals surface area contributed by atoms with Crippen molar-refractivity contribution in [1.82, 2.24) is 9.38 Å². The number of nitrogens with zero attached hydrogens (tertiary/aromatic N) is 2. The van der Waals surface area contributed by atoms with Crippen molar-refractivity contribution in [3.05, 3.63) is 35.4 Å². The third kappa shape index (κ3) is 2.10. The van der Waals surface area contributed by atoms with Crippen LogP contribution in [0.3, 0.4) is 0 Å². The molecule has 0 fully saturated rings. The van der Waals surface area contributed by atoms with Gasteiger partial charge in [0.25, 0.3) is 0 Å². The Morgan fingerprint density at radius 3 is 3.07 bits per heavy atom. The first-order valence-electron chi connectivity index (χ1n) is 4.50. The molecule has 0 aliphatic heterocycles.